The number of amides is 3. The van der Waals surface area contributed by atoms with Crippen molar-refractivity contribution in [3.8, 4) is 0 Å². The Bertz CT molecular complexity index is 997. The number of anilines is 2. The molecule has 8 heteroatoms. The Morgan fingerprint density at radius 3 is 2.21 bits per heavy atom. The van der Waals surface area contributed by atoms with E-state index in [-0.39, 0.29) is 47.8 Å². The fourth-order valence-corrected chi connectivity index (χ4v) is 5.40. The van der Waals surface area contributed by atoms with E-state index in [1.807, 2.05) is 6.92 Å². The highest BCUT2D eigenvalue weighted by Crippen LogP contribution is 2.50. The van der Waals surface area contributed by atoms with Crippen molar-refractivity contribution in [3.05, 3.63) is 47.0 Å². The molecule has 1 aliphatic heterocycles. The van der Waals surface area contributed by atoms with Crippen molar-refractivity contribution < 1.29 is 14.4 Å². The van der Waals surface area contributed by atoms with Gasteiger partial charge in [0.05, 0.1) is 23.9 Å². The molecular formula is C21H20N4O3S. The number of aryl methyl sites for hydroxylation is 1. The molecule has 1 saturated carbocycles. The minimum atomic E-state index is -0.216. The minimum absolute atomic E-state index is 0.0869. The van der Waals surface area contributed by atoms with Crippen molar-refractivity contribution in [2.45, 2.75) is 26.2 Å². The van der Waals surface area contributed by atoms with Crippen LogP contribution in [0.25, 0.3) is 0 Å². The van der Waals surface area contributed by atoms with Crippen LogP contribution < -0.4 is 10.2 Å². The van der Waals surface area contributed by atoms with Crippen LogP contribution in [-0.2, 0) is 20.8 Å². The monoisotopic (exact) mass is 408 g/mol. The molecule has 2 bridgehead atoms. The van der Waals surface area contributed by atoms with E-state index in [0.29, 0.717) is 10.8 Å². The molecule has 1 saturated heterocycles. The average Bonchev–Trinajstić information content (AvgIpc) is 3.25. The maximum absolute atomic E-state index is 13.0. The number of imide groups is 1. The van der Waals surface area contributed by atoms with E-state index in [1.54, 1.807) is 24.3 Å². The Morgan fingerprint density at radius 1 is 1.07 bits per heavy atom. The van der Waals surface area contributed by atoms with Crippen molar-refractivity contribution in [2.24, 2.45) is 23.7 Å². The third kappa shape index (κ3) is 3.07. The molecular weight excluding hydrogens is 388 g/mol. The number of nitrogens with zero attached hydrogens (tertiary/aromatic N) is 3. The highest BCUT2D eigenvalue weighted by Gasteiger charge is 2.56. The van der Waals surface area contributed by atoms with Gasteiger partial charge < -0.3 is 5.32 Å². The maximum Gasteiger partial charge on any atom is 0.238 e. The Kier molecular flexibility index (Phi) is 4.31. The molecule has 7 nitrogen and oxygen atoms in total. The molecule has 4 unspecified atom stereocenters. The van der Waals surface area contributed by atoms with Crippen LogP contribution >= 0.6 is 11.3 Å². The van der Waals surface area contributed by atoms with Crippen molar-refractivity contribution >= 4 is 39.9 Å². The first-order valence-corrected chi connectivity index (χ1v) is 10.6. The van der Waals surface area contributed by atoms with Crippen molar-refractivity contribution in [1.82, 2.24) is 10.2 Å². The third-order valence-corrected chi connectivity index (χ3v) is 6.85. The predicted octanol–water partition coefficient (Wildman–Crippen LogP) is 2.73. The maximum atomic E-state index is 13.0. The van der Waals surface area contributed by atoms with Gasteiger partial charge in [0.1, 0.15) is 5.01 Å². The molecule has 6 rings (SSSR count). The number of rotatable bonds is 4. The summed E-state index contributed by atoms with van der Waals surface area (Å²) < 4.78 is 0. The number of carbonyl (C=O) groups excluding carboxylic acids is 3. The van der Waals surface area contributed by atoms with Crippen LogP contribution in [0.5, 0.6) is 0 Å². The van der Waals surface area contributed by atoms with Crippen LogP contribution in [0.3, 0.4) is 0 Å². The zero-order valence-electron chi connectivity index (χ0n) is 15.9. The van der Waals surface area contributed by atoms with E-state index < -0.39 is 0 Å². The molecule has 0 radical (unpaired) electrons. The second-order valence-corrected chi connectivity index (χ2v) is 9.05. The molecule has 2 fully saturated rings. The number of benzene rings is 1. The topological polar surface area (TPSA) is 92.3 Å². The molecule has 1 aromatic carbocycles. The Balaban J connectivity index is 1.30. The van der Waals surface area contributed by atoms with Gasteiger partial charge in [-0.3, -0.25) is 19.3 Å². The largest absolute Gasteiger partial charge is 0.300 e. The van der Waals surface area contributed by atoms with Gasteiger partial charge in [0, 0.05) is 0 Å². The molecule has 0 spiro atoms. The van der Waals surface area contributed by atoms with Gasteiger partial charge >= 0.3 is 0 Å². The molecule has 3 amide bonds. The van der Waals surface area contributed by atoms with Crippen LogP contribution in [-0.4, -0.2) is 27.9 Å². The van der Waals surface area contributed by atoms with Gasteiger partial charge in [-0.2, -0.15) is 0 Å². The van der Waals surface area contributed by atoms with Gasteiger partial charge in [-0.05, 0) is 49.3 Å². The number of hydrogen-bond donors (Lipinski definition) is 1. The Hall–Kier alpha value is -2.87. The summed E-state index contributed by atoms with van der Waals surface area (Å²) in [5.41, 5.74) is 1.38. The van der Waals surface area contributed by atoms with Crippen LogP contribution in [0.1, 0.15) is 23.4 Å². The lowest BCUT2D eigenvalue weighted by Gasteiger charge is -2.38. The molecule has 1 aromatic heterocycles. The van der Waals surface area contributed by atoms with Gasteiger partial charge in [0.15, 0.2) is 0 Å². The standard InChI is InChI=1S/C21H20N4O3S/c1-11-23-24-21(29-11)22-16(26)10-12-2-8-15(9-3-12)25-19(27)17-13-4-5-14(7-6-13)18(17)20(25)28/h2-5,8-9,13-14,17-18H,6-7,10H2,1H3,(H,22,24,26). The van der Waals surface area contributed by atoms with E-state index >= 15 is 0 Å². The highest BCUT2D eigenvalue weighted by atomic mass is 32.1. The summed E-state index contributed by atoms with van der Waals surface area (Å²) in [6.07, 6.45) is 6.38. The normalized spacial score (nSPS) is 27.4. The van der Waals surface area contributed by atoms with E-state index in [1.165, 1.54) is 16.2 Å². The zero-order valence-corrected chi connectivity index (χ0v) is 16.7. The van der Waals surface area contributed by atoms with E-state index in [9.17, 15) is 14.4 Å². The third-order valence-electron chi connectivity index (χ3n) is 6.09. The van der Waals surface area contributed by atoms with E-state index in [2.05, 4.69) is 27.7 Å². The second-order valence-electron chi connectivity index (χ2n) is 7.87. The summed E-state index contributed by atoms with van der Waals surface area (Å²) in [5.74, 6) is -0.431. The van der Waals surface area contributed by atoms with Gasteiger partial charge in [-0.1, -0.05) is 35.6 Å². The van der Waals surface area contributed by atoms with Gasteiger partial charge in [0.2, 0.25) is 22.9 Å². The first-order chi connectivity index (χ1) is 14.0. The van der Waals surface area contributed by atoms with Crippen LogP contribution in [0.15, 0.2) is 36.4 Å². The molecule has 4 aliphatic rings. The van der Waals surface area contributed by atoms with Crippen molar-refractivity contribution in [2.75, 3.05) is 10.2 Å². The summed E-state index contributed by atoms with van der Waals surface area (Å²) in [6.45, 7) is 1.82. The minimum Gasteiger partial charge on any atom is -0.300 e. The number of nitrogens with one attached hydrogen (secondary N) is 1. The Morgan fingerprint density at radius 2 is 1.69 bits per heavy atom. The van der Waals surface area contributed by atoms with Crippen LogP contribution in [0.4, 0.5) is 10.8 Å². The highest BCUT2D eigenvalue weighted by molar-refractivity contribution is 7.15. The molecule has 2 heterocycles. The first-order valence-electron chi connectivity index (χ1n) is 9.76. The lowest BCUT2D eigenvalue weighted by molar-refractivity contribution is -0.124. The fraction of sp³-hybridized carbons (Fsp3) is 0.381. The first kappa shape index (κ1) is 18.2. The fourth-order valence-electron chi connectivity index (χ4n) is 4.79. The smallest absolute Gasteiger partial charge is 0.238 e. The van der Waals surface area contributed by atoms with Crippen LogP contribution in [0.2, 0.25) is 0 Å². The zero-order chi connectivity index (χ0) is 20.1. The number of carbonyl (C=O) groups is 3. The number of fused-ring (bicyclic) bond motifs is 1. The predicted molar refractivity (Wildman–Crippen MR) is 108 cm³/mol. The van der Waals surface area contributed by atoms with Crippen molar-refractivity contribution in [1.29, 1.82) is 0 Å². The van der Waals surface area contributed by atoms with Gasteiger partial charge in [0.25, 0.3) is 0 Å². The Labute approximate surface area is 171 Å². The summed E-state index contributed by atoms with van der Waals surface area (Å²) in [5, 5.41) is 11.7. The average molecular weight is 408 g/mol. The summed E-state index contributed by atoms with van der Waals surface area (Å²) >= 11 is 1.32. The number of allylic oxidation sites excluding steroid dienone is 2. The molecule has 29 heavy (non-hydrogen) atoms. The molecule has 148 valence electrons. The number of aromatic nitrogens is 2. The van der Waals surface area contributed by atoms with Gasteiger partial charge in [-0.15, -0.1) is 10.2 Å². The second kappa shape index (κ2) is 6.88. The molecule has 3 aliphatic carbocycles. The molecule has 4 atom stereocenters. The SMILES string of the molecule is Cc1nnc(NC(=O)Cc2ccc(N3C(=O)C4C5C=CC(CC5)C4C3=O)cc2)s1. The molecule has 2 aromatic rings. The van der Waals surface area contributed by atoms with E-state index in [0.717, 1.165) is 23.4 Å². The number of hydrogen-bond acceptors (Lipinski definition) is 6. The van der Waals surface area contributed by atoms with Gasteiger partial charge in [-0.25, -0.2) is 0 Å². The van der Waals surface area contributed by atoms with E-state index in [4.69, 9.17) is 0 Å². The van der Waals surface area contributed by atoms with Crippen LogP contribution in [0, 0.1) is 30.6 Å². The van der Waals surface area contributed by atoms with Crippen molar-refractivity contribution in [3.63, 3.8) is 0 Å². The lowest BCUT2D eigenvalue weighted by Crippen LogP contribution is -2.38. The summed E-state index contributed by atoms with van der Waals surface area (Å²) in [6, 6.07) is 7.08. The lowest BCUT2D eigenvalue weighted by atomic mass is 9.63. The quantitative estimate of drug-likeness (QED) is 0.620. The molecule has 1 N–H and O–H groups in total. The summed E-state index contributed by atoms with van der Waals surface area (Å²) in [4.78, 5) is 39.5. The summed E-state index contributed by atoms with van der Waals surface area (Å²) in [7, 11) is 0.